The minimum atomic E-state index is 0.723. The first kappa shape index (κ1) is 8.02. The van der Waals surface area contributed by atoms with Gasteiger partial charge in [-0.1, -0.05) is 0 Å². The molecule has 1 saturated heterocycles. The molecule has 10 heavy (non-hydrogen) atoms. The smallest absolute Gasteiger partial charge is 0.0192 e. The summed E-state index contributed by atoms with van der Waals surface area (Å²) in [6.45, 7) is 6.97. The van der Waals surface area contributed by atoms with E-state index < -0.39 is 0 Å². The van der Waals surface area contributed by atoms with E-state index in [2.05, 4.69) is 37.7 Å². The molecule has 0 aliphatic carbocycles. The molecule has 0 spiro atoms. The molecule has 0 aromatic heterocycles. The molecule has 0 saturated carbocycles. The van der Waals surface area contributed by atoms with E-state index >= 15 is 0 Å². The van der Waals surface area contributed by atoms with Crippen molar-refractivity contribution in [2.24, 2.45) is 0 Å². The van der Waals surface area contributed by atoms with Crippen LogP contribution in [0.15, 0.2) is 0 Å². The predicted octanol–water partition coefficient (Wildman–Crippen LogP) is 0.641. The number of rotatable bonds is 0. The van der Waals surface area contributed by atoms with E-state index in [1.54, 1.807) is 0 Å². The van der Waals surface area contributed by atoms with Crippen LogP contribution in [0.4, 0.5) is 0 Å². The van der Waals surface area contributed by atoms with Gasteiger partial charge in [-0.15, -0.1) is 0 Å². The highest BCUT2D eigenvalue weighted by molar-refractivity contribution is 4.79. The molecule has 1 aliphatic heterocycles. The highest BCUT2D eigenvalue weighted by Gasteiger charge is 2.22. The van der Waals surface area contributed by atoms with Crippen LogP contribution in [0, 0.1) is 0 Å². The molecular formula is C8H18N2. The largest absolute Gasteiger partial charge is 0.301 e. The van der Waals surface area contributed by atoms with E-state index in [1.165, 1.54) is 13.1 Å². The summed E-state index contributed by atoms with van der Waals surface area (Å²) < 4.78 is 0. The monoisotopic (exact) mass is 142 g/mol. The zero-order chi connectivity index (χ0) is 7.72. The van der Waals surface area contributed by atoms with Crippen molar-refractivity contribution in [1.82, 2.24) is 9.80 Å². The summed E-state index contributed by atoms with van der Waals surface area (Å²) in [6.07, 6.45) is 0. The molecule has 0 N–H and O–H groups in total. The highest BCUT2D eigenvalue weighted by atomic mass is 15.3. The van der Waals surface area contributed by atoms with Crippen molar-refractivity contribution in [3.63, 3.8) is 0 Å². The number of likely N-dealkylation sites (N-methyl/N-ethyl adjacent to an activating group) is 2. The second-order valence-electron chi connectivity index (χ2n) is 3.58. The fourth-order valence-corrected chi connectivity index (χ4v) is 1.47. The minimum Gasteiger partial charge on any atom is -0.301 e. The number of hydrogen-bond acceptors (Lipinski definition) is 2. The van der Waals surface area contributed by atoms with Gasteiger partial charge in [0.15, 0.2) is 0 Å². The fourth-order valence-electron chi connectivity index (χ4n) is 1.47. The highest BCUT2D eigenvalue weighted by Crippen LogP contribution is 2.09. The van der Waals surface area contributed by atoms with Crippen LogP contribution in [0.3, 0.4) is 0 Å². The maximum atomic E-state index is 2.42. The summed E-state index contributed by atoms with van der Waals surface area (Å²) in [5.74, 6) is 0. The first-order valence-corrected chi connectivity index (χ1v) is 4.01. The Labute approximate surface area is 63.8 Å². The second kappa shape index (κ2) is 2.89. The van der Waals surface area contributed by atoms with E-state index in [0.29, 0.717) is 0 Å². The van der Waals surface area contributed by atoms with Crippen LogP contribution >= 0.6 is 0 Å². The Bertz CT molecular complexity index is 87.8. The van der Waals surface area contributed by atoms with Gasteiger partial charge in [-0.25, -0.2) is 0 Å². The Morgan fingerprint density at radius 1 is 0.900 bits per heavy atom. The van der Waals surface area contributed by atoms with Crippen LogP contribution < -0.4 is 0 Å². The molecule has 0 aromatic rings. The van der Waals surface area contributed by atoms with E-state index in [0.717, 1.165) is 12.1 Å². The first-order chi connectivity index (χ1) is 4.61. The van der Waals surface area contributed by atoms with Crippen molar-refractivity contribution in [1.29, 1.82) is 0 Å². The van der Waals surface area contributed by atoms with E-state index in [4.69, 9.17) is 0 Å². The van der Waals surface area contributed by atoms with Gasteiger partial charge in [-0.3, -0.25) is 0 Å². The molecule has 0 radical (unpaired) electrons. The van der Waals surface area contributed by atoms with Gasteiger partial charge in [0.05, 0.1) is 0 Å². The number of hydrogen-bond donors (Lipinski definition) is 0. The number of nitrogens with zero attached hydrogens (tertiary/aromatic N) is 2. The Hall–Kier alpha value is -0.0800. The Morgan fingerprint density at radius 2 is 1.20 bits per heavy atom. The zero-order valence-corrected chi connectivity index (χ0v) is 7.46. The third-order valence-corrected chi connectivity index (χ3v) is 2.61. The average Bonchev–Trinajstić information content (AvgIpc) is 1.84. The third-order valence-electron chi connectivity index (χ3n) is 2.61. The standard InChI is InChI=1S/C8H18N2/c1-7-5-10(4)8(2)6-9(7)3/h7-8H,5-6H2,1-4H3. The van der Waals surface area contributed by atoms with Gasteiger partial charge in [0.1, 0.15) is 0 Å². The Balaban J connectivity index is 2.46. The minimum absolute atomic E-state index is 0.723. The van der Waals surface area contributed by atoms with Crippen molar-refractivity contribution >= 4 is 0 Å². The average molecular weight is 142 g/mol. The van der Waals surface area contributed by atoms with Crippen LogP contribution in [0.5, 0.6) is 0 Å². The lowest BCUT2D eigenvalue weighted by Crippen LogP contribution is -2.53. The van der Waals surface area contributed by atoms with Crippen LogP contribution in [-0.2, 0) is 0 Å². The molecule has 1 rings (SSSR count). The summed E-state index contributed by atoms with van der Waals surface area (Å²) in [7, 11) is 4.41. The van der Waals surface area contributed by atoms with Gasteiger partial charge < -0.3 is 9.80 Å². The van der Waals surface area contributed by atoms with Crippen molar-refractivity contribution in [2.75, 3.05) is 27.2 Å². The van der Waals surface area contributed by atoms with Gasteiger partial charge in [0.25, 0.3) is 0 Å². The lowest BCUT2D eigenvalue weighted by molar-refractivity contribution is 0.0803. The maximum Gasteiger partial charge on any atom is 0.0192 e. The fraction of sp³-hybridized carbons (Fsp3) is 1.00. The van der Waals surface area contributed by atoms with E-state index in [1.807, 2.05) is 0 Å². The third kappa shape index (κ3) is 1.50. The molecule has 2 heteroatoms. The molecule has 60 valence electrons. The summed E-state index contributed by atoms with van der Waals surface area (Å²) in [4.78, 5) is 4.84. The van der Waals surface area contributed by atoms with Crippen molar-refractivity contribution in [3.05, 3.63) is 0 Å². The summed E-state index contributed by atoms with van der Waals surface area (Å²) in [5.41, 5.74) is 0. The van der Waals surface area contributed by atoms with Gasteiger partial charge >= 0.3 is 0 Å². The zero-order valence-electron chi connectivity index (χ0n) is 7.46. The molecule has 0 bridgehead atoms. The Morgan fingerprint density at radius 3 is 1.50 bits per heavy atom. The quantitative estimate of drug-likeness (QED) is 0.490. The van der Waals surface area contributed by atoms with Gasteiger partial charge in [0, 0.05) is 25.2 Å². The van der Waals surface area contributed by atoms with Crippen LogP contribution in [0.2, 0.25) is 0 Å². The topological polar surface area (TPSA) is 6.48 Å². The first-order valence-electron chi connectivity index (χ1n) is 4.01. The van der Waals surface area contributed by atoms with Crippen LogP contribution in [0.25, 0.3) is 0 Å². The molecule has 1 aliphatic rings. The van der Waals surface area contributed by atoms with Crippen molar-refractivity contribution < 1.29 is 0 Å². The lowest BCUT2D eigenvalue weighted by atomic mass is 10.1. The normalized spacial score (nSPS) is 38.4. The molecule has 0 aromatic carbocycles. The Kier molecular flexibility index (Phi) is 2.32. The lowest BCUT2D eigenvalue weighted by Gasteiger charge is -2.40. The molecule has 1 heterocycles. The van der Waals surface area contributed by atoms with Crippen LogP contribution in [0.1, 0.15) is 13.8 Å². The van der Waals surface area contributed by atoms with Crippen molar-refractivity contribution in [2.45, 2.75) is 25.9 Å². The van der Waals surface area contributed by atoms with Gasteiger partial charge in [0.2, 0.25) is 0 Å². The van der Waals surface area contributed by atoms with E-state index in [-0.39, 0.29) is 0 Å². The molecule has 1 fully saturated rings. The van der Waals surface area contributed by atoms with Gasteiger partial charge in [-0.2, -0.15) is 0 Å². The molecule has 0 amide bonds. The van der Waals surface area contributed by atoms with Gasteiger partial charge in [-0.05, 0) is 27.9 Å². The van der Waals surface area contributed by atoms with Crippen molar-refractivity contribution in [3.8, 4) is 0 Å². The summed E-state index contributed by atoms with van der Waals surface area (Å²) >= 11 is 0. The molecule has 2 nitrogen and oxygen atoms in total. The molecule has 2 unspecified atom stereocenters. The maximum absolute atomic E-state index is 2.42. The molecular weight excluding hydrogens is 124 g/mol. The van der Waals surface area contributed by atoms with E-state index in [9.17, 15) is 0 Å². The SMILES string of the molecule is CC1CN(C)C(C)CN1C. The number of piperazine rings is 1. The second-order valence-corrected chi connectivity index (χ2v) is 3.58. The summed E-state index contributed by atoms with van der Waals surface area (Å²) in [6, 6.07) is 1.45. The molecule has 2 atom stereocenters. The summed E-state index contributed by atoms with van der Waals surface area (Å²) in [5, 5.41) is 0. The predicted molar refractivity (Wildman–Crippen MR) is 44.2 cm³/mol. The van der Waals surface area contributed by atoms with Crippen LogP contribution in [-0.4, -0.2) is 49.1 Å².